The molecule has 3 N–H and O–H groups in total. The maximum absolute atomic E-state index is 11.8. The van der Waals surface area contributed by atoms with Crippen LogP contribution < -0.4 is 11.1 Å². The molecule has 1 saturated carbocycles. The van der Waals surface area contributed by atoms with Gasteiger partial charge in [0.25, 0.3) is 0 Å². The second-order valence-electron chi connectivity index (χ2n) is 4.21. The van der Waals surface area contributed by atoms with Crippen molar-refractivity contribution in [1.82, 2.24) is 5.32 Å². The summed E-state index contributed by atoms with van der Waals surface area (Å²) in [6.07, 6.45) is 6.61. The first kappa shape index (κ1) is 12.4. The molecule has 15 heavy (non-hydrogen) atoms. The lowest BCUT2D eigenvalue weighted by Gasteiger charge is -2.24. The van der Waals surface area contributed by atoms with Gasteiger partial charge in [-0.05, 0) is 19.3 Å². The van der Waals surface area contributed by atoms with Gasteiger partial charge in [-0.1, -0.05) is 38.4 Å². The Kier molecular flexibility index (Phi) is 5.02. The standard InChI is InChI=1S/C11H20N2OS/c1-2-9(10(12)15)11(14)13-8-6-4-3-5-7-8/h8-9H,2-7H2,1H3,(H2,12,15)(H,13,14). The highest BCUT2D eigenvalue weighted by molar-refractivity contribution is 7.80. The minimum Gasteiger partial charge on any atom is -0.393 e. The number of nitrogens with two attached hydrogens (primary N) is 1. The number of carbonyl (C=O) groups excluding carboxylic acids is 1. The zero-order valence-electron chi connectivity index (χ0n) is 9.29. The summed E-state index contributed by atoms with van der Waals surface area (Å²) >= 11 is 4.88. The molecule has 0 bridgehead atoms. The normalized spacial score (nSPS) is 19.5. The van der Waals surface area contributed by atoms with Gasteiger partial charge in [0.15, 0.2) is 0 Å². The van der Waals surface area contributed by atoms with E-state index in [9.17, 15) is 4.79 Å². The van der Waals surface area contributed by atoms with Crippen LogP contribution in [-0.4, -0.2) is 16.9 Å². The molecule has 0 aliphatic heterocycles. The van der Waals surface area contributed by atoms with Gasteiger partial charge in [0.2, 0.25) is 5.91 Å². The van der Waals surface area contributed by atoms with E-state index < -0.39 is 0 Å². The second kappa shape index (κ2) is 6.05. The lowest BCUT2D eigenvalue weighted by Crippen LogP contribution is -2.43. The molecule has 1 rings (SSSR count). The van der Waals surface area contributed by atoms with Gasteiger partial charge in [0, 0.05) is 6.04 Å². The third-order valence-corrected chi connectivity index (χ3v) is 3.30. The summed E-state index contributed by atoms with van der Waals surface area (Å²) in [5, 5.41) is 3.04. The molecule has 0 heterocycles. The van der Waals surface area contributed by atoms with E-state index in [-0.39, 0.29) is 11.8 Å². The highest BCUT2D eigenvalue weighted by atomic mass is 32.1. The topological polar surface area (TPSA) is 55.1 Å². The Hall–Kier alpha value is -0.640. The van der Waals surface area contributed by atoms with Crippen LogP contribution in [0.5, 0.6) is 0 Å². The summed E-state index contributed by atoms with van der Waals surface area (Å²) in [4.78, 5) is 12.1. The molecule has 3 nitrogen and oxygen atoms in total. The first-order chi connectivity index (χ1) is 7.15. The van der Waals surface area contributed by atoms with Crippen molar-refractivity contribution in [3.8, 4) is 0 Å². The van der Waals surface area contributed by atoms with Crippen LogP contribution in [0.25, 0.3) is 0 Å². The van der Waals surface area contributed by atoms with Crippen molar-refractivity contribution in [2.45, 2.75) is 51.5 Å². The molecule has 0 aromatic rings. The van der Waals surface area contributed by atoms with E-state index in [2.05, 4.69) is 5.32 Å². The summed E-state index contributed by atoms with van der Waals surface area (Å²) < 4.78 is 0. The fourth-order valence-electron chi connectivity index (χ4n) is 2.06. The van der Waals surface area contributed by atoms with Gasteiger partial charge in [0.05, 0.1) is 10.9 Å². The lowest BCUT2D eigenvalue weighted by molar-refractivity contribution is -0.124. The average molecular weight is 228 g/mol. The Labute approximate surface area is 96.8 Å². The Balaban J connectivity index is 2.42. The van der Waals surface area contributed by atoms with Gasteiger partial charge in [0.1, 0.15) is 0 Å². The van der Waals surface area contributed by atoms with Crippen LogP contribution in [0.15, 0.2) is 0 Å². The minimum absolute atomic E-state index is 0.0110. The molecule has 1 fully saturated rings. The van der Waals surface area contributed by atoms with E-state index in [1.165, 1.54) is 19.3 Å². The van der Waals surface area contributed by atoms with Gasteiger partial charge >= 0.3 is 0 Å². The zero-order valence-corrected chi connectivity index (χ0v) is 10.1. The fraction of sp³-hybridized carbons (Fsp3) is 0.818. The highest BCUT2D eigenvalue weighted by Crippen LogP contribution is 2.18. The Morgan fingerprint density at radius 3 is 2.53 bits per heavy atom. The third kappa shape index (κ3) is 3.78. The van der Waals surface area contributed by atoms with E-state index in [0.717, 1.165) is 12.8 Å². The first-order valence-electron chi connectivity index (χ1n) is 5.74. The molecular weight excluding hydrogens is 208 g/mol. The molecule has 0 aromatic heterocycles. The number of amides is 1. The maximum Gasteiger partial charge on any atom is 0.230 e. The minimum atomic E-state index is -0.290. The molecule has 86 valence electrons. The van der Waals surface area contributed by atoms with E-state index in [1.807, 2.05) is 6.92 Å². The number of hydrogen-bond acceptors (Lipinski definition) is 2. The van der Waals surface area contributed by atoms with Crippen LogP contribution in [0, 0.1) is 5.92 Å². The van der Waals surface area contributed by atoms with Gasteiger partial charge in [-0.25, -0.2) is 0 Å². The van der Waals surface area contributed by atoms with Crippen LogP contribution in [0.3, 0.4) is 0 Å². The van der Waals surface area contributed by atoms with Crippen molar-refractivity contribution in [3.63, 3.8) is 0 Å². The van der Waals surface area contributed by atoms with Gasteiger partial charge < -0.3 is 11.1 Å². The van der Waals surface area contributed by atoms with Crippen LogP contribution in [0.1, 0.15) is 45.4 Å². The van der Waals surface area contributed by atoms with Gasteiger partial charge in [-0.2, -0.15) is 0 Å². The monoisotopic (exact) mass is 228 g/mol. The molecule has 1 atom stereocenters. The molecule has 0 saturated heterocycles. The molecule has 1 amide bonds. The van der Waals surface area contributed by atoms with Gasteiger partial charge in [-0.15, -0.1) is 0 Å². The Morgan fingerprint density at radius 2 is 2.07 bits per heavy atom. The Morgan fingerprint density at radius 1 is 1.47 bits per heavy atom. The number of rotatable bonds is 4. The SMILES string of the molecule is CCC(C(=O)NC1CCCCC1)C(N)=S. The molecular formula is C11H20N2OS. The third-order valence-electron chi connectivity index (χ3n) is 3.02. The number of hydrogen-bond donors (Lipinski definition) is 2. The summed E-state index contributed by atoms with van der Waals surface area (Å²) in [5.41, 5.74) is 5.52. The summed E-state index contributed by atoms with van der Waals surface area (Å²) in [5.74, 6) is -0.279. The lowest BCUT2D eigenvalue weighted by atomic mass is 9.94. The van der Waals surface area contributed by atoms with Gasteiger partial charge in [-0.3, -0.25) is 4.79 Å². The number of nitrogens with one attached hydrogen (secondary N) is 1. The summed E-state index contributed by atoms with van der Waals surface area (Å²) in [6.45, 7) is 1.93. The van der Waals surface area contributed by atoms with Crippen LogP contribution in [-0.2, 0) is 4.79 Å². The molecule has 0 aromatic carbocycles. The second-order valence-corrected chi connectivity index (χ2v) is 4.68. The van der Waals surface area contributed by atoms with Crippen LogP contribution in [0.4, 0.5) is 0 Å². The average Bonchev–Trinajstić information content (AvgIpc) is 2.19. The first-order valence-corrected chi connectivity index (χ1v) is 6.15. The van der Waals surface area contributed by atoms with Crippen molar-refractivity contribution in [1.29, 1.82) is 0 Å². The van der Waals surface area contributed by atoms with E-state index >= 15 is 0 Å². The number of thiocarbonyl (C=S) groups is 1. The van der Waals surface area contributed by atoms with Crippen molar-refractivity contribution in [2.24, 2.45) is 11.7 Å². The number of carbonyl (C=O) groups is 1. The molecule has 0 spiro atoms. The molecule has 1 unspecified atom stereocenters. The summed E-state index contributed by atoms with van der Waals surface area (Å²) in [7, 11) is 0. The fourth-order valence-corrected chi connectivity index (χ4v) is 2.34. The predicted molar refractivity (Wildman–Crippen MR) is 65.6 cm³/mol. The van der Waals surface area contributed by atoms with Crippen molar-refractivity contribution < 1.29 is 4.79 Å². The smallest absolute Gasteiger partial charge is 0.230 e. The largest absolute Gasteiger partial charge is 0.393 e. The predicted octanol–water partition coefficient (Wildman–Crippen LogP) is 1.75. The zero-order chi connectivity index (χ0) is 11.3. The van der Waals surface area contributed by atoms with E-state index in [0.29, 0.717) is 17.5 Å². The van der Waals surface area contributed by atoms with E-state index in [4.69, 9.17) is 18.0 Å². The van der Waals surface area contributed by atoms with Crippen molar-refractivity contribution >= 4 is 23.1 Å². The highest BCUT2D eigenvalue weighted by Gasteiger charge is 2.22. The summed E-state index contributed by atoms with van der Waals surface area (Å²) in [6, 6.07) is 0.342. The molecule has 1 aliphatic carbocycles. The van der Waals surface area contributed by atoms with Crippen LogP contribution in [0.2, 0.25) is 0 Å². The van der Waals surface area contributed by atoms with Crippen molar-refractivity contribution in [2.75, 3.05) is 0 Å². The maximum atomic E-state index is 11.8. The molecule has 1 aliphatic rings. The van der Waals surface area contributed by atoms with Crippen molar-refractivity contribution in [3.05, 3.63) is 0 Å². The van der Waals surface area contributed by atoms with E-state index in [1.54, 1.807) is 0 Å². The quantitative estimate of drug-likeness (QED) is 0.721. The Bertz CT molecular complexity index is 237. The molecule has 0 radical (unpaired) electrons. The van der Waals surface area contributed by atoms with Crippen LogP contribution >= 0.6 is 12.2 Å². The molecule has 4 heteroatoms.